The van der Waals surface area contributed by atoms with Gasteiger partial charge in [-0.25, -0.2) is 0 Å². The van der Waals surface area contributed by atoms with Gasteiger partial charge in [-0.3, -0.25) is 4.79 Å². The highest BCUT2D eigenvalue weighted by molar-refractivity contribution is 7.14. The Labute approximate surface area is 131 Å². The fourth-order valence-electron chi connectivity index (χ4n) is 2.13. The van der Waals surface area contributed by atoms with Gasteiger partial charge in [0.25, 0.3) is 0 Å². The molecule has 1 aromatic heterocycles. The lowest BCUT2D eigenvalue weighted by Crippen LogP contribution is -2.27. The molecule has 0 radical (unpaired) electrons. The molecule has 0 aliphatic rings. The number of thiophene rings is 1. The van der Waals surface area contributed by atoms with Crippen molar-refractivity contribution in [3.05, 3.63) is 16.5 Å². The third kappa shape index (κ3) is 4.75. The highest BCUT2D eigenvalue weighted by atomic mass is 32.1. The van der Waals surface area contributed by atoms with Gasteiger partial charge < -0.3 is 10.0 Å². The van der Waals surface area contributed by atoms with Gasteiger partial charge in [0.1, 0.15) is 11.1 Å². The maximum absolute atomic E-state index is 10.8. The van der Waals surface area contributed by atoms with Crippen molar-refractivity contribution >= 4 is 22.3 Å². The van der Waals surface area contributed by atoms with Gasteiger partial charge in [0.05, 0.1) is 12.0 Å². The molecule has 0 atom stereocenters. The number of hydrogen-bond donors (Lipinski definition) is 1. The summed E-state index contributed by atoms with van der Waals surface area (Å²) in [5.74, 6) is -0.803. The molecule has 4 nitrogen and oxygen atoms in total. The first kappa shape index (κ1) is 17.5. The number of nitriles is 1. The largest absolute Gasteiger partial charge is 0.481 e. The molecule has 1 aromatic rings. The molecule has 0 unspecified atom stereocenters. The minimum Gasteiger partial charge on any atom is -0.481 e. The quantitative estimate of drug-likeness (QED) is 0.827. The van der Waals surface area contributed by atoms with Gasteiger partial charge in [-0.2, -0.15) is 5.26 Å². The molecular weight excluding hydrogens is 284 g/mol. The van der Waals surface area contributed by atoms with Crippen molar-refractivity contribution in [1.82, 2.24) is 0 Å². The molecule has 116 valence electrons. The van der Waals surface area contributed by atoms with Crippen LogP contribution in [0.5, 0.6) is 0 Å². The number of carboxylic acids is 1. The van der Waals surface area contributed by atoms with Crippen LogP contribution in [0.4, 0.5) is 5.00 Å². The van der Waals surface area contributed by atoms with Crippen LogP contribution in [0.2, 0.25) is 0 Å². The smallest absolute Gasteiger partial charge is 0.305 e. The number of carboxylic acid groups (broad SMARTS) is 1. The van der Waals surface area contributed by atoms with E-state index in [-0.39, 0.29) is 11.8 Å². The second-order valence-electron chi connectivity index (χ2n) is 6.18. The molecule has 0 saturated heterocycles. The molecule has 1 rings (SSSR count). The average Bonchev–Trinajstić information content (AvgIpc) is 2.82. The van der Waals surface area contributed by atoms with Crippen LogP contribution < -0.4 is 4.90 Å². The second kappa shape index (κ2) is 7.46. The summed E-state index contributed by atoms with van der Waals surface area (Å²) >= 11 is 1.55. The van der Waals surface area contributed by atoms with E-state index in [0.29, 0.717) is 12.1 Å². The van der Waals surface area contributed by atoms with Crippen LogP contribution in [-0.2, 0) is 10.2 Å². The first-order valence-corrected chi connectivity index (χ1v) is 8.18. The minimum absolute atomic E-state index is 0.0803. The zero-order chi connectivity index (χ0) is 16.0. The Morgan fingerprint density at radius 1 is 1.43 bits per heavy atom. The van der Waals surface area contributed by atoms with Crippen LogP contribution in [0.1, 0.15) is 58.1 Å². The van der Waals surface area contributed by atoms with E-state index in [4.69, 9.17) is 5.11 Å². The van der Waals surface area contributed by atoms with Crippen molar-refractivity contribution < 1.29 is 9.90 Å². The highest BCUT2D eigenvalue weighted by Gasteiger charge is 2.25. The minimum atomic E-state index is -0.803. The van der Waals surface area contributed by atoms with Crippen LogP contribution in [0, 0.1) is 11.3 Å². The lowest BCUT2D eigenvalue weighted by molar-refractivity contribution is -0.136. The Balaban J connectivity index is 3.09. The van der Waals surface area contributed by atoms with E-state index < -0.39 is 5.97 Å². The van der Waals surface area contributed by atoms with Gasteiger partial charge in [-0.1, -0.05) is 34.1 Å². The third-order valence-corrected chi connectivity index (χ3v) is 4.39. The summed E-state index contributed by atoms with van der Waals surface area (Å²) in [4.78, 5) is 12.9. The molecule has 0 bridgehead atoms. The maximum Gasteiger partial charge on any atom is 0.305 e. The molecule has 0 aliphatic heterocycles. The van der Waals surface area contributed by atoms with Crippen LogP contribution >= 0.6 is 11.3 Å². The van der Waals surface area contributed by atoms with Crippen molar-refractivity contribution in [2.75, 3.05) is 18.0 Å². The molecule has 0 fully saturated rings. The van der Waals surface area contributed by atoms with Crippen LogP contribution in [0.15, 0.2) is 5.38 Å². The van der Waals surface area contributed by atoms with Crippen LogP contribution in [0.25, 0.3) is 0 Å². The van der Waals surface area contributed by atoms with Gasteiger partial charge in [0.2, 0.25) is 0 Å². The molecular formula is C16H24N2O2S. The lowest BCUT2D eigenvalue weighted by atomic mass is 9.86. The summed E-state index contributed by atoms with van der Waals surface area (Å²) in [6.07, 6.45) is 2.13. The van der Waals surface area contributed by atoms with E-state index in [1.807, 2.05) is 5.38 Å². The molecule has 0 spiro atoms. The second-order valence-corrected chi connectivity index (χ2v) is 7.03. The first-order valence-electron chi connectivity index (χ1n) is 7.30. The van der Waals surface area contributed by atoms with Crippen molar-refractivity contribution in [3.63, 3.8) is 0 Å². The number of rotatable bonds is 7. The molecule has 0 aliphatic carbocycles. The molecule has 0 aromatic carbocycles. The number of hydrogen-bond acceptors (Lipinski definition) is 4. The Hall–Kier alpha value is -1.54. The molecule has 5 heteroatoms. The van der Waals surface area contributed by atoms with E-state index in [2.05, 4.69) is 38.7 Å². The summed E-state index contributed by atoms with van der Waals surface area (Å²) < 4.78 is 0. The summed E-state index contributed by atoms with van der Waals surface area (Å²) in [6.45, 7) is 9.63. The SMILES string of the molecule is CCCCN(CCC(=O)O)c1scc(C(C)(C)C)c1C#N. The average molecular weight is 308 g/mol. The van der Waals surface area contributed by atoms with E-state index in [0.717, 1.165) is 30.0 Å². The van der Waals surface area contributed by atoms with Crippen LogP contribution in [0.3, 0.4) is 0 Å². The van der Waals surface area contributed by atoms with Crippen LogP contribution in [-0.4, -0.2) is 24.2 Å². The number of carbonyl (C=O) groups is 1. The van der Waals surface area contributed by atoms with Gasteiger partial charge in [-0.15, -0.1) is 11.3 Å². The maximum atomic E-state index is 10.8. The van der Waals surface area contributed by atoms with Gasteiger partial charge >= 0.3 is 5.97 Å². The Morgan fingerprint density at radius 3 is 2.57 bits per heavy atom. The van der Waals surface area contributed by atoms with Crippen molar-refractivity contribution in [2.45, 2.75) is 52.4 Å². The van der Waals surface area contributed by atoms with E-state index >= 15 is 0 Å². The Bertz CT molecular complexity index is 523. The van der Waals surface area contributed by atoms with Gasteiger partial charge in [0.15, 0.2) is 0 Å². The lowest BCUT2D eigenvalue weighted by Gasteiger charge is -2.24. The molecule has 0 saturated carbocycles. The predicted octanol–water partition coefficient (Wildman–Crippen LogP) is 4.00. The van der Waals surface area contributed by atoms with E-state index in [1.54, 1.807) is 11.3 Å². The molecule has 21 heavy (non-hydrogen) atoms. The first-order chi connectivity index (χ1) is 9.81. The molecule has 1 heterocycles. The van der Waals surface area contributed by atoms with Crippen molar-refractivity contribution in [3.8, 4) is 6.07 Å². The number of aliphatic carboxylic acids is 1. The molecule has 1 N–H and O–H groups in total. The summed E-state index contributed by atoms with van der Waals surface area (Å²) in [6, 6.07) is 2.32. The Morgan fingerprint density at radius 2 is 2.10 bits per heavy atom. The Kier molecular flexibility index (Phi) is 6.22. The van der Waals surface area contributed by atoms with Crippen molar-refractivity contribution in [1.29, 1.82) is 5.26 Å². The van der Waals surface area contributed by atoms with E-state index in [1.165, 1.54) is 0 Å². The summed E-state index contributed by atoms with van der Waals surface area (Å²) in [5, 5.41) is 21.4. The van der Waals surface area contributed by atoms with Gasteiger partial charge in [-0.05, 0) is 22.8 Å². The number of nitrogens with zero attached hydrogens (tertiary/aromatic N) is 2. The zero-order valence-corrected chi connectivity index (χ0v) is 14.1. The van der Waals surface area contributed by atoms with Gasteiger partial charge in [0, 0.05) is 13.1 Å². The summed E-state index contributed by atoms with van der Waals surface area (Å²) in [7, 11) is 0. The number of anilines is 1. The van der Waals surface area contributed by atoms with E-state index in [9.17, 15) is 10.1 Å². The topological polar surface area (TPSA) is 64.3 Å². The standard InChI is InChI=1S/C16H24N2O2S/c1-5-6-8-18(9-7-14(19)20)15-12(10-17)13(11-21-15)16(2,3)4/h11H,5-9H2,1-4H3,(H,19,20). The number of unbranched alkanes of at least 4 members (excludes halogenated alkanes) is 1. The predicted molar refractivity (Wildman–Crippen MR) is 87.1 cm³/mol. The summed E-state index contributed by atoms with van der Waals surface area (Å²) in [5.41, 5.74) is 1.67. The normalized spacial score (nSPS) is 11.2. The third-order valence-electron chi connectivity index (χ3n) is 3.36. The van der Waals surface area contributed by atoms with Crippen molar-refractivity contribution in [2.24, 2.45) is 0 Å². The highest BCUT2D eigenvalue weighted by Crippen LogP contribution is 2.37. The molecule has 0 amide bonds. The zero-order valence-electron chi connectivity index (χ0n) is 13.3. The fraction of sp³-hybridized carbons (Fsp3) is 0.625. The monoisotopic (exact) mass is 308 g/mol. The fourth-order valence-corrected chi connectivity index (χ4v) is 3.44.